The second-order valence-electron chi connectivity index (χ2n) is 5.92. The third-order valence-electron chi connectivity index (χ3n) is 4.25. The molecule has 3 rings (SSSR count). The van der Waals surface area contributed by atoms with Gasteiger partial charge in [0.1, 0.15) is 17.1 Å². The van der Waals surface area contributed by atoms with E-state index in [-0.39, 0.29) is 5.75 Å². The molecule has 2 aromatic heterocycles. The number of hydrogen-bond donors (Lipinski definition) is 2. The van der Waals surface area contributed by atoms with Crippen molar-refractivity contribution in [3.63, 3.8) is 0 Å². The molecule has 25 heavy (non-hydrogen) atoms. The van der Waals surface area contributed by atoms with Gasteiger partial charge in [-0.05, 0) is 73.0 Å². The van der Waals surface area contributed by atoms with E-state index in [9.17, 15) is 5.11 Å². The SMILES string of the molecule is Cc1cc(O)ccc1-c1c(Br)c(C)c(C=NO)n1-c1c(C)noc1C. The van der Waals surface area contributed by atoms with Gasteiger partial charge < -0.3 is 19.4 Å². The minimum Gasteiger partial charge on any atom is -0.508 e. The van der Waals surface area contributed by atoms with E-state index in [1.54, 1.807) is 12.1 Å². The number of phenolic OH excluding ortho intramolecular Hbond substituents is 1. The standard InChI is InChI=1S/C18H18BrN3O3/c1-9-7-13(23)5-6-14(9)18-16(19)10(2)15(8-20-24)22(18)17-11(3)21-25-12(17)4/h5-8,23-24H,1-4H3. The molecule has 0 unspecified atom stereocenters. The molecule has 2 heterocycles. The fraction of sp³-hybridized carbons (Fsp3) is 0.222. The molecule has 0 atom stereocenters. The van der Waals surface area contributed by atoms with E-state index in [1.807, 2.05) is 38.3 Å². The molecule has 0 saturated carbocycles. The lowest BCUT2D eigenvalue weighted by Crippen LogP contribution is -2.05. The van der Waals surface area contributed by atoms with Crippen LogP contribution in [0, 0.1) is 27.7 Å². The molecule has 7 heteroatoms. The second-order valence-corrected chi connectivity index (χ2v) is 6.72. The third-order valence-corrected chi connectivity index (χ3v) is 5.22. The van der Waals surface area contributed by atoms with E-state index < -0.39 is 0 Å². The first-order valence-electron chi connectivity index (χ1n) is 7.68. The number of aromatic nitrogens is 2. The summed E-state index contributed by atoms with van der Waals surface area (Å²) in [6.07, 6.45) is 1.39. The summed E-state index contributed by atoms with van der Waals surface area (Å²) in [7, 11) is 0. The number of benzene rings is 1. The van der Waals surface area contributed by atoms with Gasteiger partial charge in [-0.1, -0.05) is 10.3 Å². The Labute approximate surface area is 153 Å². The summed E-state index contributed by atoms with van der Waals surface area (Å²) >= 11 is 3.67. The van der Waals surface area contributed by atoms with Gasteiger partial charge in [-0.2, -0.15) is 0 Å². The van der Waals surface area contributed by atoms with E-state index in [2.05, 4.69) is 26.2 Å². The molecule has 0 radical (unpaired) electrons. The lowest BCUT2D eigenvalue weighted by molar-refractivity contribution is 0.321. The van der Waals surface area contributed by atoms with Gasteiger partial charge in [0, 0.05) is 10.0 Å². The van der Waals surface area contributed by atoms with Crippen molar-refractivity contribution in [3.8, 4) is 22.7 Å². The Balaban J connectivity index is 2.45. The molecule has 3 aromatic rings. The monoisotopic (exact) mass is 403 g/mol. The van der Waals surface area contributed by atoms with Crippen LogP contribution < -0.4 is 0 Å². The quantitative estimate of drug-likeness (QED) is 0.378. The number of aryl methyl sites for hydroxylation is 3. The fourth-order valence-electron chi connectivity index (χ4n) is 3.07. The maximum absolute atomic E-state index is 9.74. The van der Waals surface area contributed by atoms with E-state index in [4.69, 9.17) is 9.73 Å². The Morgan fingerprint density at radius 2 is 1.96 bits per heavy atom. The zero-order valence-electron chi connectivity index (χ0n) is 14.3. The minimum absolute atomic E-state index is 0.210. The van der Waals surface area contributed by atoms with Gasteiger partial charge >= 0.3 is 0 Å². The molecule has 0 spiro atoms. The molecule has 0 aliphatic rings. The Morgan fingerprint density at radius 1 is 1.24 bits per heavy atom. The number of nitrogens with zero attached hydrogens (tertiary/aromatic N) is 3. The predicted octanol–water partition coefficient (Wildman–Crippen LogP) is 4.64. The first-order valence-corrected chi connectivity index (χ1v) is 8.47. The lowest BCUT2D eigenvalue weighted by Gasteiger charge is -2.14. The zero-order valence-corrected chi connectivity index (χ0v) is 15.9. The summed E-state index contributed by atoms with van der Waals surface area (Å²) in [6.45, 7) is 7.57. The van der Waals surface area contributed by atoms with E-state index >= 15 is 0 Å². The van der Waals surface area contributed by atoms with Gasteiger partial charge in [0.2, 0.25) is 0 Å². The van der Waals surface area contributed by atoms with Crippen LogP contribution in [-0.2, 0) is 0 Å². The molecule has 6 nitrogen and oxygen atoms in total. The van der Waals surface area contributed by atoms with Crippen molar-refractivity contribution >= 4 is 22.1 Å². The van der Waals surface area contributed by atoms with Crippen LogP contribution in [0.2, 0.25) is 0 Å². The van der Waals surface area contributed by atoms with Crippen molar-refractivity contribution in [2.45, 2.75) is 27.7 Å². The van der Waals surface area contributed by atoms with Gasteiger partial charge in [-0.3, -0.25) is 0 Å². The lowest BCUT2D eigenvalue weighted by atomic mass is 10.0. The highest BCUT2D eigenvalue weighted by Gasteiger charge is 2.25. The van der Waals surface area contributed by atoms with Crippen LogP contribution in [0.5, 0.6) is 5.75 Å². The van der Waals surface area contributed by atoms with Crippen LogP contribution in [0.3, 0.4) is 0 Å². The average Bonchev–Trinajstić information content (AvgIpc) is 3.00. The first-order chi connectivity index (χ1) is 11.9. The summed E-state index contributed by atoms with van der Waals surface area (Å²) in [5, 5.41) is 26.1. The van der Waals surface area contributed by atoms with Gasteiger partial charge in [-0.15, -0.1) is 0 Å². The van der Waals surface area contributed by atoms with Gasteiger partial charge in [0.05, 0.1) is 17.6 Å². The molecule has 2 N–H and O–H groups in total. The average molecular weight is 404 g/mol. The molecule has 0 bridgehead atoms. The predicted molar refractivity (Wildman–Crippen MR) is 99.0 cm³/mol. The Morgan fingerprint density at radius 3 is 2.52 bits per heavy atom. The maximum atomic E-state index is 9.74. The minimum atomic E-state index is 0.210. The smallest absolute Gasteiger partial charge is 0.157 e. The van der Waals surface area contributed by atoms with Crippen molar-refractivity contribution < 1.29 is 14.8 Å². The van der Waals surface area contributed by atoms with Gasteiger partial charge in [-0.25, -0.2) is 0 Å². The summed E-state index contributed by atoms with van der Waals surface area (Å²) in [6, 6.07) is 5.22. The number of halogens is 1. The molecule has 0 aliphatic heterocycles. The molecule has 0 amide bonds. The topological polar surface area (TPSA) is 83.8 Å². The van der Waals surface area contributed by atoms with Crippen LogP contribution in [0.1, 0.15) is 28.3 Å². The van der Waals surface area contributed by atoms with Crippen LogP contribution in [0.25, 0.3) is 16.9 Å². The van der Waals surface area contributed by atoms with E-state index in [0.29, 0.717) is 11.5 Å². The second kappa shape index (κ2) is 6.40. The van der Waals surface area contributed by atoms with Crippen LogP contribution in [0.4, 0.5) is 0 Å². The van der Waals surface area contributed by atoms with Crippen LogP contribution in [-0.4, -0.2) is 26.3 Å². The van der Waals surface area contributed by atoms with Crippen molar-refractivity contribution in [1.82, 2.24) is 9.72 Å². The third kappa shape index (κ3) is 2.74. The first kappa shape index (κ1) is 17.3. The van der Waals surface area contributed by atoms with Gasteiger partial charge in [0.25, 0.3) is 0 Å². The Bertz CT molecular complexity index is 967. The molecule has 0 saturated heterocycles. The summed E-state index contributed by atoms with van der Waals surface area (Å²) in [4.78, 5) is 0. The number of rotatable bonds is 3. The zero-order chi connectivity index (χ0) is 18.3. The number of hydrogen-bond acceptors (Lipinski definition) is 5. The largest absolute Gasteiger partial charge is 0.508 e. The highest BCUT2D eigenvalue weighted by molar-refractivity contribution is 9.10. The normalized spacial score (nSPS) is 11.6. The molecule has 0 fully saturated rings. The Hall–Kier alpha value is -2.54. The van der Waals surface area contributed by atoms with Crippen molar-refractivity contribution in [1.29, 1.82) is 0 Å². The van der Waals surface area contributed by atoms with Gasteiger partial charge in [0.15, 0.2) is 5.76 Å². The highest BCUT2D eigenvalue weighted by Crippen LogP contribution is 2.40. The molecule has 0 aliphatic carbocycles. The highest BCUT2D eigenvalue weighted by atomic mass is 79.9. The molecule has 130 valence electrons. The summed E-state index contributed by atoms with van der Waals surface area (Å²) < 4.78 is 8.17. The number of aromatic hydroxyl groups is 1. The fourth-order valence-corrected chi connectivity index (χ4v) is 3.66. The van der Waals surface area contributed by atoms with E-state index in [1.165, 1.54) is 6.21 Å². The number of phenols is 1. The Kier molecular flexibility index (Phi) is 4.43. The molecule has 1 aromatic carbocycles. The summed E-state index contributed by atoms with van der Waals surface area (Å²) in [5.74, 6) is 0.868. The van der Waals surface area contributed by atoms with Crippen LogP contribution >= 0.6 is 15.9 Å². The molecular weight excluding hydrogens is 386 g/mol. The van der Waals surface area contributed by atoms with Crippen molar-refractivity contribution in [2.24, 2.45) is 5.16 Å². The van der Waals surface area contributed by atoms with Crippen molar-refractivity contribution in [2.75, 3.05) is 0 Å². The van der Waals surface area contributed by atoms with E-state index in [0.717, 1.165) is 38.2 Å². The number of oxime groups is 1. The summed E-state index contributed by atoms with van der Waals surface area (Å²) in [5.41, 5.74) is 5.88. The molecular formula is C18H18BrN3O3. The van der Waals surface area contributed by atoms with Crippen molar-refractivity contribution in [3.05, 3.63) is 50.9 Å². The van der Waals surface area contributed by atoms with Crippen LogP contribution in [0.15, 0.2) is 32.4 Å². The maximum Gasteiger partial charge on any atom is 0.157 e.